The lowest BCUT2D eigenvalue weighted by molar-refractivity contribution is 0.731. The molecule has 0 fully saturated rings. The molecule has 0 radical (unpaired) electrons. The molecule has 72 valence electrons. The van der Waals surface area contributed by atoms with Crippen molar-refractivity contribution in [3.63, 3.8) is 0 Å². The molecule has 6 heteroatoms. The van der Waals surface area contributed by atoms with E-state index >= 15 is 0 Å². The molecule has 2 aromatic rings. The summed E-state index contributed by atoms with van der Waals surface area (Å²) < 4.78 is 1.97. The molecule has 0 saturated carbocycles. The normalized spacial score (nSPS) is 10.4. The summed E-state index contributed by atoms with van der Waals surface area (Å²) in [4.78, 5) is 15.5. The van der Waals surface area contributed by atoms with Crippen molar-refractivity contribution in [2.75, 3.05) is 0 Å². The molecule has 0 atom stereocenters. The molecule has 0 aromatic carbocycles. The number of nitrogens with one attached hydrogen (secondary N) is 1. The van der Waals surface area contributed by atoms with Crippen LogP contribution in [0.2, 0.25) is 0 Å². The van der Waals surface area contributed by atoms with Crippen LogP contribution in [-0.4, -0.2) is 19.7 Å². The van der Waals surface area contributed by atoms with Crippen LogP contribution in [-0.2, 0) is 6.54 Å². The lowest BCUT2D eigenvalue weighted by Gasteiger charge is -2.01. The second-order valence-corrected chi connectivity index (χ2v) is 3.64. The number of halogens is 1. The molecule has 0 aliphatic heterocycles. The quantitative estimate of drug-likeness (QED) is 0.862. The molecule has 0 bridgehead atoms. The number of rotatable bonds is 2. The van der Waals surface area contributed by atoms with Crippen LogP contribution in [0.4, 0.5) is 0 Å². The molecular weight excluding hydrogens is 248 g/mol. The van der Waals surface area contributed by atoms with E-state index in [9.17, 15) is 4.79 Å². The SMILES string of the molecule is O=c1c(Br)cncn1Cc1cn[nH]c1. The highest BCUT2D eigenvalue weighted by molar-refractivity contribution is 9.10. The third-order valence-corrected chi connectivity index (χ3v) is 2.31. The molecule has 2 rings (SSSR count). The largest absolute Gasteiger partial charge is 0.294 e. The third kappa shape index (κ3) is 1.74. The summed E-state index contributed by atoms with van der Waals surface area (Å²) >= 11 is 3.13. The van der Waals surface area contributed by atoms with E-state index in [2.05, 4.69) is 31.1 Å². The molecule has 14 heavy (non-hydrogen) atoms. The minimum atomic E-state index is -0.0961. The highest BCUT2D eigenvalue weighted by Crippen LogP contribution is 2.00. The average molecular weight is 255 g/mol. The fourth-order valence-corrected chi connectivity index (χ4v) is 1.44. The van der Waals surface area contributed by atoms with Gasteiger partial charge in [0.1, 0.15) is 4.47 Å². The molecule has 1 N–H and O–H groups in total. The first-order valence-corrected chi connectivity index (χ1v) is 4.74. The second kappa shape index (κ2) is 3.75. The van der Waals surface area contributed by atoms with E-state index in [0.29, 0.717) is 11.0 Å². The monoisotopic (exact) mass is 254 g/mol. The first kappa shape index (κ1) is 9.14. The Bertz CT molecular complexity index is 476. The van der Waals surface area contributed by atoms with Crippen LogP contribution in [0.3, 0.4) is 0 Å². The zero-order chi connectivity index (χ0) is 9.97. The molecular formula is C8H7BrN4O. The first-order chi connectivity index (χ1) is 6.77. The van der Waals surface area contributed by atoms with Crippen LogP contribution in [0, 0.1) is 0 Å². The topological polar surface area (TPSA) is 63.6 Å². The van der Waals surface area contributed by atoms with Gasteiger partial charge in [-0.05, 0) is 15.9 Å². The Morgan fingerprint density at radius 3 is 3.07 bits per heavy atom. The van der Waals surface area contributed by atoms with E-state index in [4.69, 9.17) is 0 Å². The molecule has 2 heterocycles. The Labute approximate surface area is 87.9 Å². The van der Waals surface area contributed by atoms with E-state index in [1.807, 2.05) is 0 Å². The van der Waals surface area contributed by atoms with Crippen molar-refractivity contribution in [1.29, 1.82) is 0 Å². The average Bonchev–Trinajstić information content (AvgIpc) is 2.66. The van der Waals surface area contributed by atoms with Crippen LogP contribution in [0.15, 0.2) is 34.2 Å². The molecule has 0 amide bonds. The summed E-state index contributed by atoms with van der Waals surface area (Å²) in [5, 5.41) is 6.48. The van der Waals surface area contributed by atoms with Crippen molar-refractivity contribution >= 4 is 15.9 Å². The van der Waals surface area contributed by atoms with Gasteiger partial charge in [0, 0.05) is 18.0 Å². The van der Waals surface area contributed by atoms with Crippen molar-refractivity contribution in [3.8, 4) is 0 Å². The molecule has 0 aliphatic carbocycles. The summed E-state index contributed by atoms with van der Waals surface area (Å²) in [5.41, 5.74) is 0.841. The van der Waals surface area contributed by atoms with Gasteiger partial charge in [0.15, 0.2) is 0 Å². The fourth-order valence-electron chi connectivity index (χ4n) is 1.10. The molecule has 0 aliphatic rings. The Kier molecular flexibility index (Phi) is 2.45. The van der Waals surface area contributed by atoms with Gasteiger partial charge in [-0.3, -0.25) is 14.5 Å². The second-order valence-electron chi connectivity index (χ2n) is 2.78. The Morgan fingerprint density at radius 1 is 1.50 bits per heavy atom. The van der Waals surface area contributed by atoms with Crippen LogP contribution >= 0.6 is 15.9 Å². The van der Waals surface area contributed by atoms with E-state index in [1.54, 1.807) is 12.4 Å². The number of aromatic amines is 1. The lowest BCUT2D eigenvalue weighted by atomic mass is 10.3. The van der Waals surface area contributed by atoms with E-state index in [-0.39, 0.29) is 5.56 Å². The molecule has 5 nitrogen and oxygen atoms in total. The standard InChI is InChI=1S/C8H7BrN4O/c9-7-3-10-5-13(8(7)14)4-6-1-11-12-2-6/h1-3,5H,4H2,(H,11,12). The summed E-state index contributed by atoms with van der Waals surface area (Å²) in [7, 11) is 0. The van der Waals surface area contributed by atoms with Gasteiger partial charge in [-0.2, -0.15) is 5.10 Å². The summed E-state index contributed by atoms with van der Waals surface area (Å²) in [6.45, 7) is 0.474. The number of hydrogen-bond donors (Lipinski definition) is 1. The van der Waals surface area contributed by atoms with Gasteiger partial charge in [0.2, 0.25) is 0 Å². The molecule has 0 unspecified atom stereocenters. The molecule has 0 saturated heterocycles. The number of H-pyrrole nitrogens is 1. The van der Waals surface area contributed by atoms with Gasteiger partial charge in [-0.25, -0.2) is 4.98 Å². The number of aromatic nitrogens is 4. The summed E-state index contributed by atoms with van der Waals surface area (Å²) in [6, 6.07) is 0. The molecule has 0 spiro atoms. The highest BCUT2D eigenvalue weighted by Gasteiger charge is 2.01. The van der Waals surface area contributed by atoms with Crippen molar-refractivity contribution in [2.45, 2.75) is 6.54 Å². The fraction of sp³-hybridized carbons (Fsp3) is 0.125. The van der Waals surface area contributed by atoms with Crippen LogP contribution < -0.4 is 5.56 Å². The maximum absolute atomic E-state index is 11.5. The highest BCUT2D eigenvalue weighted by atomic mass is 79.9. The predicted octanol–water partition coefficient (Wildman–Crippen LogP) is 0.777. The first-order valence-electron chi connectivity index (χ1n) is 3.95. The summed E-state index contributed by atoms with van der Waals surface area (Å²) in [6.07, 6.45) is 6.40. The van der Waals surface area contributed by atoms with E-state index in [0.717, 1.165) is 5.56 Å². The Hall–Kier alpha value is -1.43. The predicted molar refractivity (Wildman–Crippen MR) is 53.9 cm³/mol. The Balaban J connectivity index is 2.34. The lowest BCUT2D eigenvalue weighted by Crippen LogP contribution is -2.20. The molecule has 2 aromatic heterocycles. The minimum Gasteiger partial charge on any atom is -0.294 e. The zero-order valence-electron chi connectivity index (χ0n) is 7.14. The smallest absolute Gasteiger partial charge is 0.267 e. The van der Waals surface area contributed by atoms with Crippen molar-refractivity contribution in [3.05, 3.63) is 45.3 Å². The van der Waals surface area contributed by atoms with Gasteiger partial charge in [0.25, 0.3) is 5.56 Å². The number of nitrogens with zero attached hydrogens (tertiary/aromatic N) is 3. The van der Waals surface area contributed by atoms with Crippen LogP contribution in [0.25, 0.3) is 0 Å². The van der Waals surface area contributed by atoms with Gasteiger partial charge >= 0.3 is 0 Å². The number of hydrogen-bond acceptors (Lipinski definition) is 3. The van der Waals surface area contributed by atoms with E-state index in [1.165, 1.54) is 17.1 Å². The van der Waals surface area contributed by atoms with Gasteiger partial charge in [-0.15, -0.1) is 0 Å². The van der Waals surface area contributed by atoms with Gasteiger partial charge in [0.05, 0.1) is 19.1 Å². The van der Waals surface area contributed by atoms with Crippen molar-refractivity contribution in [1.82, 2.24) is 19.7 Å². The minimum absolute atomic E-state index is 0.0961. The van der Waals surface area contributed by atoms with Crippen molar-refractivity contribution in [2.24, 2.45) is 0 Å². The summed E-state index contributed by atoms with van der Waals surface area (Å²) in [5.74, 6) is 0. The maximum Gasteiger partial charge on any atom is 0.267 e. The van der Waals surface area contributed by atoms with E-state index < -0.39 is 0 Å². The third-order valence-electron chi connectivity index (χ3n) is 1.77. The Morgan fingerprint density at radius 2 is 2.36 bits per heavy atom. The van der Waals surface area contributed by atoms with Crippen LogP contribution in [0.1, 0.15) is 5.56 Å². The van der Waals surface area contributed by atoms with Crippen LogP contribution in [0.5, 0.6) is 0 Å². The zero-order valence-corrected chi connectivity index (χ0v) is 8.73. The van der Waals surface area contributed by atoms with Gasteiger partial charge < -0.3 is 0 Å². The van der Waals surface area contributed by atoms with Crippen molar-refractivity contribution < 1.29 is 0 Å². The van der Waals surface area contributed by atoms with Gasteiger partial charge in [-0.1, -0.05) is 0 Å². The maximum atomic E-state index is 11.5.